The molecule has 0 saturated carbocycles. The van der Waals surface area contributed by atoms with Gasteiger partial charge in [0.25, 0.3) is 0 Å². The first kappa shape index (κ1) is 12.1. The van der Waals surface area contributed by atoms with Crippen LogP contribution in [0.3, 0.4) is 0 Å². The van der Waals surface area contributed by atoms with Gasteiger partial charge in [-0.1, -0.05) is 12.1 Å². The highest BCUT2D eigenvalue weighted by molar-refractivity contribution is 5.56. The van der Waals surface area contributed by atoms with Crippen LogP contribution in [0.5, 0.6) is 0 Å². The van der Waals surface area contributed by atoms with E-state index < -0.39 is 0 Å². The number of aryl methyl sites for hydroxylation is 1. The molecule has 0 atom stereocenters. The lowest BCUT2D eigenvalue weighted by molar-refractivity contribution is 0.568. The van der Waals surface area contributed by atoms with Gasteiger partial charge in [0.15, 0.2) is 5.82 Å². The van der Waals surface area contributed by atoms with Crippen LogP contribution in [0.2, 0.25) is 0 Å². The molecule has 0 radical (unpaired) electrons. The number of hydrogen-bond donors (Lipinski definition) is 1. The molecule has 100 valence electrons. The quantitative estimate of drug-likeness (QED) is 0.877. The van der Waals surface area contributed by atoms with Crippen molar-refractivity contribution in [2.45, 2.75) is 0 Å². The van der Waals surface area contributed by atoms with E-state index in [1.807, 2.05) is 13.1 Å². The Morgan fingerprint density at radius 1 is 1.26 bits per heavy atom. The Labute approximate surface area is 111 Å². The van der Waals surface area contributed by atoms with E-state index in [9.17, 15) is 4.39 Å². The highest BCUT2D eigenvalue weighted by atomic mass is 19.1. The molecule has 1 aromatic heterocycles. The van der Waals surface area contributed by atoms with E-state index in [1.165, 1.54) is 12.1 Å². The minimum absolute atomic E-state index is 0.270. The first-order valence-electron chi connectivity index (χ1n) is 6.37. The number of benzene rings is 1. The molecule has 1 N–H and O–H groups in total. The monoisotopic (exact) mass is 261 g/mol. The van der Waals surface area contributed by atoms with Gasteiger partial charge in [0.1, 0.15) is 5.82 Å². The van der Waals surface area contributed by atoms with E-state index in [0.717, 1.165) is 32.1 Å². The Bertz CT molecular complexity index is 574. The highest BCUT2D eigenvalue weighted by Crippen LogP contribution is 2.20. The molecule has 1 aromatic carbocycles. The number of nitrogens with zero attached hydrogens (tertiary/aromatic N) is 4. The van der Waals surface area contributed by atoms with Crippen molar-refractivity contribution in [3.63, 3.8) is 0 Å². The topological polar surface area (TPSA) is 46.0 Å². The molecule has 5 nitrogen and oxygen atoms in total. The first-order valence-corrected chi connectivity index (χ1v) is 6.37. The molecule has 0 amide bonds. The van der Waals surface area contributed by atoms with Gasteiger partial charge >= 0.3 is 0 Å². The van der Waals surface area contributed by atoms with Crippen molar-refractivity contribution in [2.75, 3.05) is 31.1 Å². The average Bonchev–Trinajstić information content (AvgIpc) is 2.82. The van der Waals surface area contributed by atoms with Crippen LogP contribution < -0.4 is 10.2 Å². The summed E-state index contributed by atoms with van der Waals surface area (Å²) in [5.74, 6) is 1.13. The fourth-order valence-electron chi connectivity index (χ4n) is 2.27. The van der Waals surface area contributed by atoms with Gasteiger partial charge in [-0.25, -0.2) is 9.07 Å². The zero-order valence-corrected chi connectivity index (χ0v) is 10.8. The fourth-order valence-corrected chi connectivity index (χ4v) is 2.27. The van der Waals surface area contributed by atoms with E-state index in [4.69, 9.17) is 0 Å². The van der Waals surface area contributed by atoms with Crippen LogP contribution in [-0.4, -0.2) is 40.9 Å². The first-order chi connectivity index (χ1) is 9.24. The maximum atomic E-state index is 13.2. The van der Waals surface area contributed by atoms with Gasteiger partial charge in [-0.3, -0.25) is 0 Å². The zero-order valence-electron chi connectivity index (χ0n) is 10.8. The van der Waals surface area contributed by atoms with Crippen LogP contribution in [0.25, 0.3) is 11.4 Å². The van der Waals surface area contributed by atoms with Gasteiger partial charge < -0.3 is 10.2 Å². The summed E-state index contributed by atoms with van der Waals surface area (Å²) in [6.45, 7) is 3.72. The molecule has 1 saturated heterocycles. The highest BCUT2D eigenvalue weighted by Gasteiger charge is 2.17. The molecule has 3 rings (SSSR count). The number of hydrogen-bond acceptors (Lipinski definition) is 4. The predicted molar refractivity (Wildman–Crippen MR) is 71.5 cm³/mol. The van der Waals surface area contributed by atoms with Gasteiger partial charge in [0.2, 0.25) is 5.95 Å². The third-order valence-corrected chi connectivity index (χ3v) is 3.22. The standard InChI is InChI=1S/C13H16FN5/c1-18-13(19-7-5-15-6-8-19)16-12(17-18)10-3-2-4-11(14)9-10/h2-4,9,15H,5-8H2,1H3. The molecule has 19 heavy (non-hydrogen) atoms. The van der Waals surface area contributed by atoms with Gasteiger partial charge in [-0.15, -0.1) is 5.10 Å². The van der Waals surface area contributed by atoms with Crippen molar-refractivity contribution in [1.82, 2.24) is 20.1 Å². The van der Waals surface area contributed by atoms with Gasteiger partial charge in [-0.05, 0) is 12.1 Å². The van der Waals surface area contributed by atoms with Crippen LogP contribution in [0.15, 0.2) is 24.3 Å². The van der Waals surface area contributed by atoms with E-state index >= 15 is 0 Å². The third-order valence-electron chi connectivity index (χ3n) is 3.22. The molecule has 0 spiro atoms. The van der Waals surface area contributed by atoms with E-state index in [2.05, 4.69) is 20.3 Å². The molecule has 0 aliphatic carbocycles. The van der Waals surface area contributed by atoms with Gasteiger partial charge in [0.05, 0.1) is 0 Å². The van der Waals surface area contributed by atoms with Crippen LogP contribution >= 0.6 is 0 Å². The minimum atomic E-state index is -0.270. The summed E-state index contributed by atoms with van der Waals surface area (Å²) in [5.41, 5.74) is 0.706. The molecule has 2 aromatic rings. The van der Waals surface area contributed by atoms with E-state index in [0.29, 0.717) is 11.4 Å². The zero-order chi connectivity index (χ0) is 13.2. The lowest BCUT2D eigenvalue weighted by Crippen LogP contribution is -2.44. The van der Waals surface area contributed by atoms with Gasteiger partial charge in [-0.2, -0.15) is 4.98 Å². The molecular weight excluding hydrogens is 245 g/mol. The summed E-state index contributed by atoms with van der Waals surface area (Å²) in [5, 5.41) is 7.68. The molecule has 0 unspecified atom stereocenters. The summed E-state index contributed by atoms with van der Waals surface area (Å²) >= 11 is 0. The second-order valence-electron chi connectivity index (χ2n) is 4.61. The Hall–Kier alpha value is -1.95. The Balaban J connectivity index is 1.92. The Morgan fingerprint density at radius 3 is 2.79 bits per heavy atom. The smallest absolute Gasteiger partial charge is 0.224 e. The summed E-state index contributed by atoms with van der Waals surface area (Å²) in [6, 6.07) is 6.37. The number of anilines is 1. The molecule has 1 fully saturated rings. The molecule has 0 bridgehead atoms. The number of aromatic nitrogens is 3. The maximum absolute atomic E-state index is 13.2. The molecule has 1 aliphatic rings. The second-order valence-corrected chi connectivity index (χ2v) is 4.61. The molecular formula is C13H16FN5. The van der Waals surface area contributed by atoms with Crippen molar-refractivity contribution >= 4 is 5.95 Å². The molecule has 2 heterocycles. The van der Waals surface area contributed by atoms with Crippen molar-refractivity contribution < 1.29 is 4.39 Å². The minimum Gasteiger partial charge on any atom is -0.338 e. The third kappa shape index (κ3) is 2.44. The number of rotatable bonds is 2. The van der Waals surface area contributed by atoms with E-state index in [-0.39, 0.29) is 5.82 Å². The normalized spacial score (nSPS) is 15.8. The molecule has 1 aliphatic heterocycles. The van der Waals surface area contributed by atoms with Crippen molar-refractivity contribution in [2.24, 2.45) is 7.05 Å². The summed E-state index contributed by atoms with van der Waals surface area (Å²) < 4.78 is 15.0. The fraction of sp³-hybridized carbons (Fsp3) is 0.385. The average molecular weight is 261 g/mol. The Morgan fingerprint density at radius 2 is 2.05 bits per heavy atom. The summed E-state index contributed by atoms with van der Waals surface area (Å²) in [6.07, 6.45) is 0. The summed E-state index contributed by atoms with van der Waals surface area (Å²) in [7, 11) is 1.87. The maximum Gasteiger partial charge on any atom is 0.224 e. The van der Waals surface area contributed by atoms with Crippen LogP contribution in [0.1, 0.15) is 0 Å². The predicted octanol–water partition coefficient (Wildman–Crippen LogP) is 1.03. The lowest BCUT2D eigenvalue weighted by atomic mass is 10.2. The number of piperazine rings is 1. The van der Waals surface area contributed by atoms with E-state index in [1.54, 1.807) is 10.7 Å². The van der Waals surface area contributed by atoms with Crippen molar-refractivity contribution in [1.29, 1.82) is 0 Å². The Kier molecular flexibility index (Phi) is 3.16. The van der Waals surface area contributed by atoms with Crippen LogP contribution in [0, 0.1) is 5.82 Å². The summed E-state index contributed by atoms with van der Waals surface area (Å²) in [4.78, 5) is 6.71. The van der Waals surface area contributed by atoms with Crippen LogP contribution in [0.4, 0.5) is 10.3 Å². The molecule has 6 heteroatoms. The SMILES string of the molecule is Cn1nc(-c2cccc(F)c2)nc1N1CCNCC1. The second kappa shape index (κ2) is 4.97. The van der Waals surface area contributed by atoms with Crippen molar-refractivity contribution in [3.05, 3.63) is 30.1 Å². The van der Waals surface area contributed by atoms with Crippen molar-refractivity contribution in [3.8, 4) is 11.4 Å². The lowest BCUT2D eigenvalue weighted by Gasteiger charge is -2.27. The van der Waals surface area contributed by atoms with Gasteiger partial charge in [0, 0.05) is 38.8 Å². The number of nitrogens with one attached hydrogen (secondary N) is 1. The van der Waals surface area contributed by atoms with Crippen LogP contribution in [-0.2, 0) is 7.05 Å². The largest absolute Gasteiger partial charge is 0.338 e. The number of halogens is 1.